The van der Waals surface area contributed by atoms with Gasteiger partial charge in [-0.05, 0) is 6.07 Å². The zero-order valence-electron chi connectivity index (χ0n) is 7.43. The Morgan fingerprint density at radius 1 is 1.64 bits per heavy atom. The van der Waals surface area contributed by atoms with Crippen molar-refractivity contribution in [1.82, 2.24) is 14.8 Å². The number of hydrogen-bond acceptors (Lipinski definition) is 4. The summed E-state index contributed by atoms with van der Waals surface area (Å²) < 4.78 is 1.51. The molecule has 0 fully saturated rings. The molecule has 0 radical (unpaired) electrons. The third-order valence-corrected chi connectivity index (χ3v) is 1.95. The largest absolute Gasteiger partial charge is 0.478 e. The molecule has 3 N–H and O–H groups in total. The summed E-state index contributed by atoms with van der Waals surface area (Å²) in [5, 5.41) is 13.2. The molecule has 72 valence electrons. The van der Waals surface area contributed by atoms with E-state index in [0.29, 0.717) is 11.0 Å². The Morgan fingerprint density at radius 2 is 2.36 bits per heavy atom. The van der Waals surface area contributed by atoms with E-state index in [9.17, 15) is 4.79 Å². The minimum Gasteiger partial charge on any atom is -0.478 e. The Kier molecular flexibility index (Phi) is 1.63. The molecular weight excluding hydrogens is 184 g/mol. The lowest BCUT2D eigenvalue weighted by molar-refractivity contribution is 0.0696. The quantitative estimate of drug-likeness (QED) is 0.675. The standard InChI is InChI=1S/C8H8N4O2/c1-12-7-5(6(9)11-12)2-4(3-10-7)8(13)14/h2-3H,1H3,(H2,9,11)(H,13,14). The van der Waals surface area contributed by atoms with Crippen LogP contribution in [0.5, 0.6) is 0 Å². The molecular formula is C8H8N4O2. The Balaban J connectivity index is 2.77. The molecule has 6 heteroatoms. The van der Waals surface area contributed by atoms with Crippen LogP contribution in [0, 0.1) is 0 Å². The molecule has 0 unspecified atom stereocenters. The lowest BCUT2D eigenvalue weighted by Gasteiger charge is -1.94. The number of pyridine rings is 1. The molecule has 0 amide bonds. The highest BCUT2D eigenvalue weighted by Gasteiger charge is 2.10. The Hall–Kier alpha value is -2.11. The van der Waals surface area contributed by atoms with Crippen LogP contribution in [0.2, 0.25) is 0 Å². The van der Waals surface area contributed by atoms with Gasteiger partial charge in [0, 0.05) is 13.2 Å². The van der Waals surface area contributed by atoms with Crippen LogP contribution in [-0.4, -0.2) is 25.8 Å². The molecule has 14 heavy (non-hydrogen) atoms. The number of carboxylic acid groups (broad SMARTS) is 1. The van der Waals surface area contributed by atoms with Crippen molar-refractivity contribution in [2.24, 2.45) is 7.05 Å². The van der Waals surface area contributed by atoms with Gasteiger partial charge >= 0.3 is 5.97 Å². The summed E-state index contributed by atoms with van der Waals surface area (Å²) in [6, 6.07) is 1.47. The van der Waals surface area contributed by atoms with Crippen LogP contribution < -0.4 is 5.73 Å². The number of carboxylic acids is 1. The van der Waals surface area contributed by atoms with Gasteiger partial charge in [0.15, 0.2) is 11.5 Å². The van der Waals surface area contributed by atoms with Crippen LogP contribution in [0.25, 0.3) is 11.0 Å². The van der Waals surface area contributed by atoms with Crippen molar-refractivity contribution in [3.8, 4) is 0 Å². The first-order valence-corrected chi connectivity index (χ1v) is 3.91. The number of fused-ring (bicyclic) bond motifs is 1. The maximum Gasteiger partial charge on any atom is 0.337 e. The number of aromatic carboxylic acids is 1. The maximum atomic E-state index is 10.7. The fourth-order valence-electron chi connectivity index (χ4n) is 1.28. The average molecular weight is 192 g/mol. The van der Waals surface area contributed by atoms with E-state index in [1.807, 2.05) is 0 Å². The number of carbonyl (C=O) groups is 1. The van der Waals surface area contributed by atoms with E-state index >= 15 is 0 Å². The topological polar surface area (TPSA) is 94.0 Å². The number of nitrogens with zero attached hydrogens (tertiary/aromatic N) is 3. The molecule has 6 nitrogen and oxygen atoms in total. The normalized spacial score (nSPS) is 10.6. The summed E-state index contributed by atoms with van der Waals surface area (Å²) in [5.74, 6) is -0.735. The first kappa shape index (κ1) is 8.49. The predicted molar refractivity (Wildman–Crippen MR) is 49.9 cm³/mol. The second-order valence-electron chi connectivity index (χ2n) is 2.91. The van der Waals surface area contributed by atoms with Crippen molar-refractivity contribution in [3.63, 3.8) is 0 Å². The maximum absolute atomic E-state index is 10.7. The van der Waals surface area contributed by atoms with Crippen LogP contribution in [0.3, 0.4) is 0 Å². The number of nitrogens with two attached hydrogens (primary N) is 1. The summed E-state index contributed by atoms with van der Waals surface area (Å²) in [6.07, 6.45) is 1.28. The van der Waals surface area contributed by atoms with Gasteiger partial charge in [0.2, 0.25) is 0 Å². The molecule has 0 saturated carbocycles. The lowest BCUT2D eigenvalue weighted by Crippen LogP contribution is -1.98. The molecule has 0 aromatic carbocycles. The van der Waals surface area contributed by atoms with Crippen molar-refractivity contribution >= 4 is 22.8 Å². The van der Waals surface area contributed by atoms with E-state index in [0.717, 1.165) is 0 Å². The Bertz CT molecular complexity index is 517. The molecule has 0 aliphatic rings. The molecule has 2 rings (SSSR count). The number of anilines is 1. The van der Waals surface area contributed by atoms with Crippen molar-refractivity contribution in [1.29, 1.82) is 0 Å². The summed E-state index contributed by atoms with van der Waals surface area (Å²) in [4.78, 5) is 14.6. The second-order valence-corrected chi connectivity index (χ2v) is 2.91. The Morgan fingerprint density at radius 3 is 3.00 bits per heavy atom. The number of nitrogen functional groups attached to an aromatic ring is 1. The Labute approximate surface area is 79.0 Å². The highest BCUT2D eigenvalue weighted by atomic mass is 16.4. The minimum absolute atomic E-state index is 0.109. The molecule has 0 bridgehead atoms. The molecule has 0 aliphatic carbocycles. The fraction of sp³-hybridized carbons (Fsp3) is 0.125. The third kappa shape index (κ3) is 1.08. The zero-order chi connectivity index (χ0) is 10.3. The van der Waals surface area contributed by atoms with E-state index < -0.39 is 5.97 Å². The van der Waals surface area contributed by atoms with Gasteiger partial charge < -0.3 is 10.8 Å². The van der Waals surface area contributed by atoms with E-state index in [1.54, 1.807) is 7.05 Å². The fourth-order valence-corrected chi connectivity index (χ4v) is 1.28. The molecule has 2 aromatic rings. The van der Waals surface area contributed by atoms with Crippen LogP contribution in [0.15, 0.2) is 12.3 Å². The van der Waals surface area contributed by atoms with Gasteiger partial charge in [-0.3, -0.25) is 0 Å². The SMILES string of the molecule is Cn1nc(N)c2cc(C(=O)O)cnc21. The monoisotopic (exact) mass is 192 g/mol. The van der Waals surface area contributed by atoms with Gasteiger partial charge in [0.1, 0.15) is 0 Å². The van der Waals surface area contributed by atoms with Crippen LogP contribution in [0.1, 0.15) is 10.4 Å². The van der Waals surface area contributed by atoms with Gasteiger partial charge in [-0.2, -0.15) is 5.10 Å². The summed E-state index contributed by atoms with van der Waals surface area (Å²) in [5.41, 5.74) is 6.27. The highest BCUT2D eigenvalue weighted by molar-refractivity contribution is 5.95. The molecule has 0 atom stereocenters. The number of aromatic nitrogens is 3. The molecule has 0 spiro atoms. The summed E-state index contributed by atoms with van der Waals surface area (Å²) in [6.45, 7) is 0. The predicted octanol–water partition coefficient (Wildman–Crippen LogP) is 0.249. The van der Waals surface area contributed by atoms with Crippen LogP contribution in [0.4, 0.5) is 5.82 Å². The molecule has 0 aliphatic heterocycles. The van der Waals surface area contributed by atoms with Gasteiger partial charge in [0.05, 0.1) is 10.9 Å². The smallest absolute Gasteiger partial charge is 0.337 e. The molecule has 0 saturated heterocycles. The highest BCUT2D eigenvalue weighted by Crippen LogP contribution is 2.18. The van der Waals surface area contributed by atoms with Gasteiger partial charge in [-0.15, -0.1) is 0 Å². The van der Waals surface area contributed by atoms with Crippen molar-refractivity contribution in [2.75, 3.05) is 5.73 Å². The second kappa shape index (κ2) is 2.69. The van der Waals surface area contributed by atoms with E-state index in [-0.39, 0.29) is 11.4 Å². The summed E-state index contributed by atoms with van der Waals surface area (Å²) in [7, 11) is 1.70. The average Bonchev–Trinajstić information content (AvgIpc) is 2.42. The van der Waals surface area contributed by atoms with E-state index in [2.05, 4.69) is 10.1 Å². The van der Waals surface area contributed by atoms with E-state index in [4.69, 9.17) is 10.8 Å². The third-order valence-electron chi connectivity index (χ3n) is 1.95. The minimum atomic E-state index is -1.03. The van der Waals surface area contributed by atoms with E-state index in [1.165, 1.54) is 16.9 Å². The van der Waals surface area contributed by atoms with Crippen LogP contribution in [-0.2, 0) is 7.05 Å². The number of hydrogen-bond donors (Lipinski definition) is 2. The van der Waals surface area contributed by atoms with Crippen molar-refractivity contribution in [3.05, 3.63) is 17.8 Å². The number of rotatable bonds is 1. The molecule has 2 heterocycles. The van der Waals surface area contributed by atoms with Gasteiger partial charge in [-0.25, -0.2) is 14.5 Å². The zero-order valence-corrected chi connectivity index (χ0v) is 7.43. The first-order chi connectivity index (χ1) is 6.59. The first-order valence-electron chi connectivity index (χ1n) is 3.91. The number of aryl methyl sites for hydroxylation is 1. The summed E-state index contributed by atoms with van der Waals surface area (Å²) >= 11 is 0. The van der Waals surface area contributed by atoms with Crippen LogP contribution >= 0.6 is 0 Å². The lowest BCUT2D eigenvalue weighted by atomic mass is 10.2. The van der Waals surface area contributed by atoms with Gasteiger partial charge in [0.25, 0.3) is 0 Å². The molecule has 2 aromatic heterocycles. The van der Waals surface area contributed by atoms with Crippen molar-refractivity contribution < 1.29 is 9.90 Å². The van der Waals surface area contributed by atoms with Gasteiger partial charge in [-0.1, -0.05) is 0 Å². The van der Waals surface area contributed by atoms with Crippen molar-refractivity contribution in [2.45, 2.75) is 0 Å².